The predicted molar refractivity (Wildman–Crippen MR) is 102 cm³/mol. The van der Waals surface area contributed by atoms with Crippen LogP contribution in [0.4, 0.5) is 0 Å². The molecular formula is C23H26O. The maximum Gasteiger partial charge on any atom is 0.163 e. The quantitative estimate of drug-likeness (QED) is 0.662. The molecule has 1 aliphatic carbocycles. The van der Waals surface area contributed by atoms with Crippen molar-refractivity contribution in [2.45, 2.75) is 52.9 Å². The topological polar surface area (TPSA) is 17.1 Å². The number of hydrogen-bond donors (Lipinski definition) is 0. The van der Waals surface area contributed by atoms with Crippen molar-refractivity contribution in [3.63, 3.8) is 0 Å². The molecule has 0 saturated heterocycles. The number of allylic oxidation sites excluding steroid dienone is 1. The van der Waals surface area contributed by atoms with E-state index in [2.05, 4.69) is 77.1 Å². The van der Waals surface area contributed by atoms with Gasteiger partial charge in [0.1, 0.15) is 0 Å². The Kier molecular flexibility index (Phi) is 4.21. The number of rotatable bonds is 2. The molecule has 0 amide bonds. The summed E-state index contributed by atoms with van der Waals surface area (Å²) in [4.78, 5) is 12.5. The van der Waals surface area contributed by atoms with Crippen LogP contribution in [0.2, 0.25) is 0 Å². The molecule has 2 aromatic carbocycles. The highest BCUT2D eigenvalue weighted by Gasteiger charge is 2.32. The first-order valence-electron chi connectivity index (χ1n) is 8.75. The molecule has 0 aliphatic heterocycles. The number of Topliss-reactive ketones (excluding diaryl/α,β-unsaturated/α-hetero) is 1. The standard InChI is InChI=1S/C23H26O/c1-6-18(17-9-7-15(2)8-10-17)19-14-20-21(13-16(19)3)23(4,5)12-11-22(20)24/h6-10,13-14H,11-12H2,1-5H3/b18-6-. The molecule has 1 nitrogen and oxygen atoms in total. The summed E-state index contributed by atoms with van der Waals surface area (Å²) >= 11 is 0. The Morgan fingerprint density at radius 2 is 1.75 bits per heavy atom. The van der Waals surface area contributed by atoms with E-state index in [0.29, 0.717) is 6.42 Å². The second kappa shape index (κ2) is 6.05. The monoisotopic (exact) mass is 318 g/mol. The third-order valence-corrected chi connectivity index (χ3v) is 5.31. The van der Waals surface area contributed by atoms with Gasteiger partial charge in [0.15, 0.2) is 5.78 Å². The Hall–Kier alpha value is -2.15. The van der Waals surface area contributed by atoms with Gasteiger partial charge in [-0.15, -0.1) is 0 Å². The van der Waals surface area contributed by atoms with E-state index in [9.17, 15) is 4.79 Å². The van der Waals surface area contributed by atoms with Crippen molar-refractivity contribution < 1.29 is 4.79 Å². The Balaban J connectivity index is 2.17. The second-order valence-electron chi connectivity index (χ2n) is 7.59. The zero-order valence-corrected chi connectivity index (χ0v) is 15.4. The maximum absolute atomic E-state index is 12.5. The highest BCUT2D eigenvalue weighted by atomic mass is 16.1. The van der Waals surface area contributed by atoms with Crippen LogP contribution in [0, 0.1) is 13.8 Å². The molecule has 0 atom stereocenters. The van der Waals surface area contributed by atoms with Crippen molar-refractivity contribution in [2.75, 3.05) is 0 Å². The van der Waals surface area contributed by atoms with Gasteiger partial charge in [-0.3, -0.25) is 4.79 Å². The summed E-state index contributed by atoms with van der Waals surface area (Å²) in [5.74, 6) is 0.282. The van der Waals surface area contributed by atoms with Crippen LogP contribution >= 0.6 is 0 Å². The molecule has 0 radical (unpaired) electrons. The minimum Gasteiger partial charge on any atom is -0.294 e. The van der Waals surface area contributed by atoms with Crippen LogP contribution in [-0.4, -0.2) is 5.78 Å². The Labute approximate surface area is 145 Å². The first-order valence-corrected chi connectivity index (χ1v) is 8.75. The lowest BCUT2D eigenvalue weighted by Crippen LogP contribution is -2.27. The van der Waals surface area contributed by atoms with Gasteiger partial charge < -0.3 is 0 Å². The fraction of sp³-hybridized carbons (Fsp3) is 0.348. The summed E-state index contributed by atoms with van der Waals surface area (Å²) in [6.45, 7) is 10.8. The van der Waals surface area contributed by atoms with E-state index >= 15 is 0 Å². The Morgan fingerprint density at radius 3 is 2.38 bits per heavy atom. The van der Waals surface area contributed by atoms with E-state index in [4.69, 9.17) is 0 Å². The van der Waals surface area contributed by atoms with Crippen molar-refractivity contribution in [1.29, 1.82) is 0 Å². The summed E-state index contributed by atoms with van der Waals surface area (Å²) in [6, 6.07) is 13.0. The molecule has 0 saturated carbocycles. The zero-order valence-electron chi connectivity index (χ0n) is 15.4. The molecule has 3 rings (SSSR count). The van der Waals surface area contributed by atoms with Crippen molar-refractivity contribution in [2.24, 2.45) is 0 Å². The third kappa shape index (κ3) is 2.84. The molecule has 24 heavy (non-hydrogen) atoms. The normalized spacial score (nSPS) is 16.9. The average Bonchev–Trinajstić information content (AvgIpc) is 2.55. The van der Waals surface area contributed by atoms with Gasteiger partial charge in [0, 0.05) is 12.0 Å². The van der Waals surface area contributed by atoms with Gasteiger partial charge in [-0.25, -0.2) is 0 Å². The Morgan fingerprint density at radius 1 is 1.08 bits per heavy atom. The number of carbonyl (C=O) groups excluding carboxylic acids is 1. The minimum absolute atomic E-state index is 0.0759. The van der Waals surface area contributed by atoms with Crippen LogP contribution in [0.3, 0.4) is 0 Å². The van der Waals surface area contributed by atoms with E-state index in [1.807, 2.05) is 0 Å². The molecule has 1 aliphatic rings. The van der Waals surface area contributed by atoms with Gasteiger partial charge in [0.05, 0.1) is 0 Å². The largest absolute Gasteiger partial charge is 0.294 e. The van der Waals surface area contributed by atoms with Crippen LogP contribution in [0.1, 0.15) is 71.8 Å². The van der Waals surface area contributed by atoms with E-state index in [-0.39, 0.29) is 11.2 Å². The van der Waals surface area contributed by atoms with Crippen molar-refractivity contribution in [3.05, 3.63) is 75.9 Å². The number of aryl methyl sites for hydroxylation is 2. The smallest absolute Gasteiger partial charge is 0.163 e. The number of fused-ring (bicyclic) bond motifs is 1. The average molecular weight is 318 g/mol. The number of benzene rings is 2. The molecular weight excluding hydrogens is 292 g/mol. The molecule has 0 heterocycles. The van der Waals surface area contributed by atoms with Crippen LogP contribution in [0.15, 0.2) is 42.5 Å². The van der Waals surface area contributed by atoms with Gasteiger partial charge in [-0.2, -0.15) is 0 Å². The van der Waals surface area contributed by atoms with E-state index in [1.165, 1.54) is 33.4 Å². The van der Waals surface area contributed by atoms with Gasteiger partial charge in [-0.1, -0.05) is 55.8 Å². The minimum atomic E-state index is 0.0759. The fourth-order valence-corrected chi connectivity index (χ4v) is 3.69. The van der Waals surface area contributed by atoms with Crippen LogP contribution in [0.5, 0.6) is 0 Å². The first kappa shape index (κ1) is 16.7. The summed E-state index contributed by atoms with van der Waals surface area (Å²) in [5, 5.41) is 0. The van der Waals surface area contributed by atoms with E-state index in [1.54, 1.807) is 0 Å². The van der Waals surface area contributed by atoms with Crippen molar-refractivity contribution >= 4 is 11.4 Å². The molecule has 0 spiro atoms. The van der Waals surface area contributed by atoms with Gasteiger partial charge in [0.25, 0.3) is 0 Å². The Bertz CT molecular complexity index is 820. The summed E-state index contributed by atoms with van der Waals surface area (Å²) in [6.07, 6.45) is 3.74. The van der Waals surface area contributed by atoms with E-state index in [0.717, 1.165) is 12.0 Å². The van der Waals surface area contributed by atoms with Crippen molar-refractivity contribution in [3.8, 4) is 0 Å². The van der Waals surface area contributed by atoms with Crippen molar-refractivity contribution in [1.82, 2.24) is 0 Å². The zero-order chi connectivity index (χ0) is 17.5. The molecule has 0 aromatic heterocycles. The highest BCUT2D eigenvalue weighted by Crippen LogP contribution is 2.39. The van der Waals surface area contributed by atoms with Crippen LogP contribution in [-0.2, 0) is 5.41 Å². The molecule has 124 valence electrons. The SMILES string of the molecule is C/C=C(/c1ccc(C)cc1)c1cc2c(cc1C)C(C)(C)CCC2=O. The lowest BCUT2D eigenvalue weighted by molar-refractivity contribution is 0.0956. The summed E-state index contributed by atoms with van der Waals surface area (Å²) in [7, 11) is 0. The molecule has 0 bridgehead atoms. The molecule has 0 N–H and O–H groups in total. The maximum atomic E-state index is 12.5. The first-order chi connectivity index (χ1) is 11.3. The van der Waals surface area contributed by atoms with Gasteiger partial charge in [0.2, 0.25) is 0 Å². The van der Waals surface area contributed by atoms with E-state index < -0.39 is 0 Å². The second-order valence-corrected chi connectivity index (χ2v) is 7.59. The van der Waals surface area contributed by atoms with Crippen LogP contribution in [0.25, 0.3) is 5.57 Å². The van der Waals surface area contributed by atoms with Gasteiger partial charge in [-0.05, 0) is 66.5 Å². The summed E-state index contributed by atoms with van der Waals surface area (Å²) < 4.78 is 0. The van der Waals surface area contributed by atoms with Crippen LogP contribution < -0.4 is 0 Å². The number of ketones is 1. The molecule has 0 unspecified atom stereocenters. The molecule has 2 aromatic rings. The lowest BCUT2D eigenvalue weighted by atomic mass is 9.71. The summed E-state index contributed by atoms with van der Waals surface area (Å²) in [5.41, 5.74) is 8.27. The third-order valence-electron chi connectivity index (χ3n) is 5.31. The molecule has 1 heteroatoms. The number of hydrogen-bond acceptors (Lipinski definition) is 1. The lowest BCUT2D eigenvalue weighted by Gasteiger charge is -2.33. The number of carbonyl (C=O) groups is 1. The van der Waals surface area contributed by atoms with Gasteiger partial charge >= 0.3 is 0 Å². The molecule has 0 fully saturated rings. The highest BCUT2D eigenvalue weighted by molar-refractivity contribution is 6.00. The predicted octanol–water partition coefficient (Wildman–Crippen LogP) is 6.01. The fourth-order valence-electron chi connectivity index (χ4n) is 3.69.